The molecule has 1 fully saturated rings. The van der Waals surface area contributed by atoms with Gasteiger partial charge in [0.15, 0.2) is 5.96 Å². The van der Waals surface area contributed by atoms with Crippen molar-refractivity contribution in [3.05, 3.63) is 18.2 Å². The van der Waals surface area contributed by atoms with Crippen molar-refractivity contribution in [3.8, 4) is 0 Å². The van der Waals surface area contributed by atoms with Crippen LogP contribution in [0.4, 0.5) is 8.78 Å². The van der Waals surface area contributed by atoms with Crippen molar-refractivity contribution in [2.45, 2.75) is 38.6 Å². The molecule has 1 aliphatic heterocycles. The van der Waals surface area contributed by atoms with E-state index in [4.69, 9.17) is 0 Å². The number of aliphatic imine (C=N–C) groups is 1. The van der Waals surface area contributed by atoms with Crippen molar-refractivity contribution >= 4 is 17.7 Å². The Bertz CT molecular complexity index is 491. The topological polar surface area (TPSA) is 45.5 Å². The molecule has 0 spiro atoms. The number of nitrogens with one attached hydrogen (secondary N) is 1. The van der Waals surface area contributed by atoms with Gasteiger partial charge in [-0.3, -0.25) is 4.57 Å². The fraction of sp³-hybridized carbons (Fsp3) is 0.714. The predicted octanol–water partition coefficient (Wildman–Crippen LogP) is 2.57. The highest BCUT2D eigenvalue weighted by Crippen LogP contribution is 2.21. The Morgan fingerprint density at radius 2 is 2.36 bits per heavy atom. The lowest BCUT2D eigenvalue weighted by Gasteiger charge is -2.34. The number of thioether (sulfide) groups is 1. The molecule has 2 heterocycles. The largest absolute Gasteiger partial charge is 0.357 e. The minimum Gasteiger partial charge on any atom is -0.357 e. The van der Waals surface area contributed by atoms with Crippen LogP contribution in [0.5, 0.6) is 0 Å². The number of aromatic nitrogens is 2. The van der Waals surface area contributed by atoms with Gasteiger partial charge in [0.05, 0.1) is 0 Å². The highest BCUT2D eigenvalue weighted by Gasteiger charge is 2.21. The normalized spacial score (nSPS) is 19.8. The van der Waals surface area contributed by atoms with E-state index < -0.39 is 6.55 Å². The third-order valence-electron chi connectivity index (χ3n) is 3.56. The summed E-state index contributed by atoms with van der Waals surface area (Å²) in [6.07, 6.45) is 3.79. The van der Waals surface area contributed by atoms with E-state index in [0.29, 0.717) is 5.25 Å². The lowest BCUT2D eigenvalue weighted by Crippen LogP contribution is -2.48. The van der Waals surface area contributed by atoms with Crippen molar-refractivity contribution in [3.63, 3.8) is 0 Å². The van der Waals surface area contributed by atoms with Gasteiger partial charge >= 0.3 is 6.55 Å². The van der Waals surface area contributed by atoms with E-state index >= 15 is 0 Å². The first-order chi connectivity index (χ1) is 10.7. The molecule has 22 heavy (non-hydrogen) atoms. The number of hydrogen-bond acceptors (Lipinski definition) is 3. The minimum absolute atomic E-state index is 0.153. The second-order valence-electron chi connectivity index (χ2n) is 5.05. The Morgan fingerprint density at radius 3 is 3.05 bits per heavy atom. The molecule has 124 valence electrons. The van der Waals surface area contributed by atoms with Gasteiger partial charge in [-0.05, 0) is 13.3 Å². The van der Waals surface area contributed by atoms with E-state index in [1.807, 2.05) is 18.7 Å². The smallest absolute Gasteiger partial charge is 0.319 e. The number of alkyl halides is 2. The SMILES string of the molecule is CCNC(=NCc1nccn1C(F)F)N1CCSC(CC)C1. The van der Waals surface area contributed by atoms with Gasteiger partial charge in [0.1, 0.15) is 12.4 Å². The van der Waals surface area contributed by atoms with Gasteiger partial charge in [-0.1, -0.05) is 6.92 Å². The highest BCUT2D eigenvalue weighted by atomic mass is 32.2. The molecule has 1 aliphatic rings. The second-order valence-corrected chi connectivity index (χ2v) is 6.45. The predicted molar refractivity (Wildman–Crippen MR) is 86.4 cm³/mol. The standard InChI is InChI=1S/C14H23F2N5S/c1-3-11-10-20(7-8-22-11)14(17-4-2)19-9-12-18-5-6-21(12)13(15)16/h5-6,11,13H,3-4,7-10H2,1-2H3,(H,17,19). The molecule has 0 radical (unpaired) electrons. The van der Waals surface area contributed by atoms with Gasteiger partial charge in [-0.15, -0.1) is 0 Å². The lowest BCUT2D eigenvalue weighted by molar-refractivity contribution is 0.0671. The van der Waals surface area contributed by atoms with Crippen molar-refractivity contribution in [2.75, 3.05) is 25.4 Å². The van der Waals surface area contributed by atoms with Crippen LogP contribution in [0.1, 0.15) is 32.6 Å². The molecule has 2 rings (SSSR count). The zero-order valence-corrected chi connectivity index (χ0v) is 13.8. The molecule has 1 saturated heterocycles. The summed E-state index contributed by atoms with van der Waals surface area (Å²) in [5.41, 5.74) is 0. The van der Waals surface area contributed by atoms with Crippen LogP contribution in [-0.4, -0.2) is 51.0 Å². The molecular formula is C14H23F2N5S. The maximum Gasteiger partial charge on any atom is 0.319 e. The van der Waals surface area contributed by atoms with Crippen LogP contribution < -0.4 is 5.32 Å². The first kappa shape index (κ1) is 17.1. The van der Waals surface area contributed by atoms with Gasteiger partial charge in [0, 0.05) is 43.0 Å². The maximum absolute atomic E-state index is 12.8. The number of halogens is 2. The Morgan fingerprint density at radius 1 is 1.55 bits per heavy atom. The summed E-state index contributed by atoms with van der Waals surface area (Å²) in [6.45, 7) is 4.39. The number of imidazole rings is 1. The average molecular weight is 331 g/mol. The number of guanidine groups is 1. The highest BCUT2D eigenvalue weighted by molar-refractivity contribution is 8.00. The molecule has 0 aromatic carbocycles. The molecule has 5 nitrogen and oxygen atoms in total. The average Bonchev–Trinajstić information content (AvgIpc) is 3.00. The first-order valence-electron chi connectivity index (χ1n) is 7.60. The lowest BCUT2D eigenvalue weighted by atomic mass is 10.3. The molecular weight excluding hydrogens is 308 g/mol. The van der Waals surface area contributed by atoms with Gasteiger partial charge < -0.3 is 10.2 Å². The van der Waals surface area contributed by atoms with E-state index in [1.54, 1.807) is 0 Å². The molecule has 0 aliphatic carbocycles. The molecule has 0 saturated carbocycles. The number of hydrogen-bond donors (Lipinski definition) is 1. The van der Waals surface area contributed by atoms with Crippen LogP contribution in [-0.2, 0) is 6.54 Å². The van der Waals surface area contributed by atoms with Gasteiger partial charge in [0.2, 0.25) is 0 Å². The van der Waals surface area contributed by atoms with Crippen LogP contribution in [0.3, 0.4) is 0 Å². The van der Waals surface area contributed by atoms with E-state index in [-0.39, 0.29) is 12.4 Å². The summed E-state index contributed by atoms with van der Waals surface area (Å²) in [7, 11) is 0. The molecule has 0 amide bonds. The zero-order chi connectivity index (χ0) is 15.9. The minimum atomic E-state index is -2.58. The Balaban J connectivity index is 2.08. The third-order valence-corrected chi connectivity index (χ3v) is 4.93. The molecule has 0 bridgehead atoms. The summed E-state index contributed by atoms with van der Waals surface area (Å²) in [6, 6.07) is 0. The summed E-state index contributed by atoms with van der Waals surface area (Å²) in [4.78, 5) is 10.7. The van der Waals surface area contributed by atoms with Gasteiger partial charge in [0.25, 0.3) is 0 Å². The second kappa shape index (κ2) is 8.36. The maximum atomic E-state index is 12.8. The van der Waals surface area contributed by atoms with Gasteiger partial charge in [-0.2, -0.15) is 20.5 Å². The van der Waals surface area contributed by atoms with E-state index in [1.165, 1.54) is 12.4 Å². The van der Waals surface area contributed by atoms with Crippen molar-refractivity contribution in [2.24, 2.45) is 4.99 Å². The monoisotopic (exact) mass is 331 g/mol. The zero-order valence-electron chi connectivity index (χ0n) is 13.0. The summed E-state index contributed by atoms with van der Waals surface area (Å²) >= 11 is 1.98. The van der Waals surface area contributed by atoms with Crippen LogP contribution in [0.2, 0.25) is 0 Å². The van der Waals surface area contributed by atoms with Gasteiger partial charge in [-0.25, -0.2) is 9.98 Å². The third kappa shape index (κ3) is 4.34. The van der Waals surface area contributed by atoms with E-state index in [9.17, 15) is 8.78 Å². The van der Waals surface area contributed by atoms with E-state index in [0.717, 1.165) is 42.3 Å². The summed E-state index contributed by atoms with van der Waals surface area (Å²) in [5, 5.41) is 3.85. The molecule has 1 aromatic rings. The Hall–Kier alpha value is -1.31. The Kier molecular flexibility index (Phi) is 6.48. The number of rotatable bonds is 5. The molecule has 1 atom stereocenters. The summed E-state index contributed by atoms with van der Waals surface area (Å²) < 4.78 is 26.5. The van der Waals surface area contributed by atoms with Crippen LogP contribution >= 0.6 is 11.8 Å². The van der Waals surface area contributed by atoms with Crippen LogP contribution in [0.25, 0.3) is 0 Å². The number of nitrogens with zero attached hydrogens (tertiary/aromatic N) is 4. The van der Waals surface area contributed by atoms with Crippen LogP contribution in [0.15, 0.2) is 17.4 Å². The van der Waals surface area contributed by atoms with Crippen LogP contribution in [0, 0.1) is 0 Å². The fourth-order valence-corrected chi connectivity index (χ4v) is 3.55. The van der Waals surface area contributed by atoms with Crippen molar-refractivity contribution in [1.29, 1.82) is 0 Å². The molecule has 1 N–H and O–H groups in total. The molecule has 1 unspecified atom stereocenters. The quantitative estimate of drug-likeness (QED) is 0.665. The molecule has 1 aromatic heterocycles. The van der Waals surface area contributed by atoms with E-state index in [2.05, 4.69) is 27.1 Å². The Labute approximate surface area is 134 Å². The van der Waals surface area contributed by atoms with Crippen molar-refractivity contribution in [1.82, 2.24) is 19.8 Å². The molecule has 8 heteroatoms. The fourth-order valence-electron chi connectivity index (χ4n) is 2.37. The summed E-state index contributed by atoms with van der Waals surface area (Å²) in [5.74, 6) is 2.13. The van der Waals surface area contributed by atoms with Crippen molar-refractivity contribution < 1.29 is 8.78 Å². The first-order valence-corrected chi connectivity index (χ1v) is 8.65.